The predicted molar refractivity (Wildman–Crippen MR) is 85.4 cm³/mol. The number of benzene rings is 1. The first-order valence-electron chi connectivity index (χ1n) is 7.36. The number of nitrogens with zero attached hydrogens (tertiary/aromatic N) is 1. The Morgan fingerprint density at radius 1 is 1.27 bits per heavy atom. The van der Waals surface area contributed by atoms with Gasteiger partial charge in [-0.2, -0.15) is 0 Å². The van der Waals surface area contributed by atoms with E-state index in [0.29, 0.717) is 12.4 Å². The highest BCUT2D eigenvalue weighted by Gasteiger charge is 2.23. The molecular weight excluding hydrogens is 280 g/mol. The van der Waals surface area contributed by atoms with Crippen LogP contribution in [0.2, 0.25) is 0 Å². The molecule has 118 valence electrons. The van der Waals surface area contributed by atoms with Crippen molar-refractivity contribution < 1.29 is 9.53 Å². The second kappa shape index (κ2) is 8.00. The lowest BCUT2D eigenvalue weighted by atomic mass is 10.3. The summed E-state index contributed by atoms with van der Waals surface area (Å²) >= 11 is 0. The van der Waals surface area contributed by atoms with Gasteiger partial charge in [-0.25, -0.2) is 4.79 Å². The first kappa shape index (κ1) is 15.8. The number of para-hydroxylation sites is 1. The van der Waals surface area contributed by atoms with Crippen LogP contribution in [0.25, 0.3) is 0 Å². The van der Waals surface area contributed by atoms with Crippen LogP contribution in [0.15, 0.2) is 47.8 Å². The average molecular weight is 302 g/mol. The number of unbranched alkanes of at least 4 members (excludes halogenated alkanes) is 1. The van der Waals surface area contributed by atoms with Gasteiger partial charge in [-0.05, 0) is 25.0 Å². The van der Waals surface area contributed by atoms with Gasteiger partial charge in [0.25, 0.3) is 0 Å². The molecule has 2 rings (SSSR count). The fourth-order valence-corrected chi connectivity index (χ4v) is 2.16. The van der Waals surface area contributed by atoms with Crippen molar-refractivity contribution in [3.63, 3.8) is 0 Å². The molecule has 0 aliphatic carbocycles. The van der Waals surface area contributed by atoms with Crippen LogP contribution < -0.4 is 20.7 Å². The third kappa shape index (κ3) is 3.96. The molecule has 6 nitrogen and oxygen atoms in total. The van der Waals surface area contributed by atoms with E-state index in [4.69, 9.17) is 4.74 Å². The third-order valence-electron chi connectivity index (χ3n) is 3.37. The average Bonchev–Trinajstić information content (AvgIpc) is 2.87. The van der Waals surface area contributed by atoms with E-state index in [1.54, 1.807) is 11.9 Å². The van der Waals surface area contributed by atoms with E-state index in [1.807, 2.05) is 43.3 Å². The van der Waals surface area contributed by atoms with Gasteiger partial charge in [-0.1, -0.05) is 18.2 Å². The summed E-state index contributed by atoms with van der Waals surface area (Å²) < 4.78 is 5.65. The maximum absolute atomic E-state index is 10.8. The molecule has 0 spiro atoms. The number of carbonyl (C=O) groups excluding carboxylic acids is 1. The maximum atomic E-state index is 10.8. The molecule has 3 N–H and O–H groups in total. The molecule has 0 unspecified atom stereocenters. The van der Waals surface area contributed by atoms with Crippen LogP contribution in [0.3, 0.4) is 0 Å². The number of hydrogen-bond donors (Lipinski definition) is 3. The maximum Gasteiger partial charge on any atom is 0.200 e. The normalized spacial score (nSPS) is 13.7. The van der Waals surface area contributed by atoms with Crippen LogP contribution in [0.4, 0.5) is 0 Å². The molecule has 1 aromatic rings. The number of ether oxygens (including phenoxy) is 1. The minimum Gasteiger partial charge on any atom is -0.494 e. The van der Waals surface area contributed by atoms with Gasteiger partial charge in [-0.3, -0.25) is 0 Å². The molecule has 0 saturated heterocycles. The van der Waals surface area contributed by atoms with Gasteiger partial charge >= 0.3 is 0 Å². The van der Waals surface area contributed by atoms with E-state index in [-0.39, 0.29) is 0 Å². The Kier molecular flexibility index (Phi) is 5.74. The second-order valence-corrected chi connectivity index (χ2v) is 4.90. The highest BCUT2D eigenvalue weighted by Crippen LogP contribution is 2.14. The molecule has 0 fully saturated rings. The molecule has 0 amide bonds. The summed E-state index contributed by atoms with van der Waals surface area (Å²) in [5.74, 6) is 4.81. The van der Waals surface area contributed by atoms with E-state index >= 15 is 0 Å². The van der Waals surface area contributed by atoms with Gasteiger partial charge in [-0.15, -0.1) is 0 Å². The second-order valence-electron chi connectivity index (χ2n) is 4.90. The quantitative estimate of drug-likeness (QED) is 0.492. The summed E-state index contributed by atoms with van der Waals surface area (Å²) in [5, 5.41) is 9.31. The third-order valence-corrected chi connectivity index (χ3v) is 3.37. The Morgan fingerprint density at radius 2 is 2.05 bits per heavy atom. The number of hydrogen-bond acceptors (Lipinski definition) is 6. The van der Waals surface area contributed by atoms with Crippen molar-refractivity contribution in [2.45, 2.75) is 12.8 Å². The zero-order valence-electron chi connectivity index (χ0n) is 13.0. The molecule has 0 radical (unpaired) electrons. The molecule has 0 bridgehead atoms. The summed E-state index contributed by atoms with van der Waals surface area (Å²) in [6.45, 7) is 1.49. The molecule has 1 heterocycles. The summed E-state index contributed by atoms with van der Waals surface area (Å²) in [4.78, 5) is 12.6. The van der Waals surface area contributed by atoms with Crippen LogP contribution in [0, 0.1) is 0 Å². The summed E-state index contributed by atoms with van der Waals surface area (Å²) in [7, 11) is 3.62. The van der Waals surface area contributed by atoms with E-state index in [0.717, 1.165) is 36.8 Å². The summed E-state index contributed by atoms with van der Waals surface area (Å²) in [6.07, 6.45) is 1.93. The fraction of sp³-hybridized carbons (Fsp3) is 0.375. The van der Waals surface area contributed by atoms with Crippen LogP contribution in [0.1, 0.15) is 12.8 Å². The Balaban J connectivity index is 1.69. The van der Waals surface area contributed by atoms with Crippen molar-refractivity contribution in [1.29, 1.82) is 0 Å². The summed E-state index contributed by atoms with van der Waals surface area (Å²) in [5.41, 5.74) is 0. The lowest BCUT2D eigenvalue weighted by Gasteiger charge is -2.16. The number of nitrogens with one attached hydrogen (secondary N) is 3. The molecule has 1 aromatic carbocycles. The number of rotatable bonds is 8. The van der Waals surface area contributed by atoms with Gasteiger partial charge in [0.2, 0.25) is 0 Å². The molecule has 0 atom stereocenters. The first-order valence-corrected chi connectivity index (χ1v) is 7.36. The van der Waals surface area contributed by atoms with Gasteiger partial charge < -0.3 is 25.6 Å². The van der Waals surface area contributed by atoms with Crippen molar-refractivity contribution in [2.75, 3.05) is 27.2 Å². The van der Waals surface area contributed by atoms with Crippen molar-refractivity contribution in [1.82, 2.24) is 20.9 Å². The SMILES string of the molecule is CNC1=C(NCCCCOc2ccccc2)N(C)C(=C=O)N1. The van der Waals surface area contributed by atoms with Gasteiger partial charge in [0.1, 0.15) is 17.4 Å². The van der Waals surface area contributed by atoms with E-state index in [2.05, 4.69) is 16.0 Å². The molecular formula is C16H22N4O2. The Bertz CT molecular complexity index is 565. The molecule has 0 saturated carbocycles. The Labute approximate surface area is 130 Å². The summed E-state index contributed by atoms with van der Waals surface area (Å²) in [6, 6.07) is 9.80. The van der Waals surface area contributed by atoms with Crippen molar-refractivity contribution in [3.05, 3.63) is 47.8 Å². The monoisotopic (exact) mass is 302 g/mol. The fourth-order valence-electron chi connectivity index (χ4n) is 2.16. The first-order chi connectivity index (χ1) is 10.8. The molecule has 1 aliphatic heterocycles. The van der Waals surface area contributed by atoms with E-state index in [9.17, 15) is 4.79 Å². The standard InChI is InChI=1S/C16H22N4O2/c1-17-15-16(20(2)14(12-21)19-15)18-10-6-7-11-22-13-8-4-3-5-9-13/h3-5,8-9,17-19H,6-7,10-11H2,1-2H3. The van der Waals surface area contributed by atoms with Gasteiger partial charge in [0.05, 0.1) is 6.61 Å². The molecule has 22 heavy (non-hydrogen) atoms. The largest absolute Gasteiger partial charge is 0.494 e. The van der Waals surface area contributed by atoms with Crippen LogP contribution in [-0.2, 0) is 4.79 Å². The Hall–Kier alpha value is -2.59. The van der Waals surface area contributed by atoms with Crippen LogP contribution in [-0.4, -0.2) is 38.1 Å². The van der Waals surface area contributed by atoms with Crippen LogP contribution >= 0.6 is 0 Å². The highest BCUT2D eigenvalue weighted by molar-refractivity contribution is 5.54. The van der Waals surface area contributed by atoms with Crippen molar-refractivity contribution >= 4 is 5.94 Å². The smallest absolute Gasteiger partial charge is 0.200 e. The van der Waals surface area contributed by atoms with Crippen LogP contribution in [0.5, 0.6) is 5.75 Å². The zero-order chi connectivity index (χ0) is 15.8. The van der Waals surface area contributed by atoms with E-state index in [1.165, 1.54) is 0 Å². The highest BCUT2D eigenvalue weighted by atomic mass is 16.5. The molecule has 1 aliphatic rings. The van der Waals surface area contributed by atoms with Gasteiger partial charge in [0, 0.05) is 20.6 Å². The topological polar surface area (TPSA) is 65.6 Å². The minimum absolute atomic E-state index is 0.402. The Morgan fingerprint density at radius 3 is 2.73 bits per heavy atom. The minimum atomic E-state index is 0.402. The van der Waals surface area contributed by atoms with Gasteiger partial charge in [0.15, 0.2) is 11.8 Å². The molecule has 0 aromatic heterocycles. The molecule has 6 heteroatoms. The lowest BCUT2D eigenvalue weighted by Crippen LogP contribution is -2.27. The van der Waals surface area contributed by atoms with Crippen molar-refractivity contribution in [2.24, 2.45) is 0 Å². The zero-order valence-corrected chi connectivity index (χ0v) is 13.0. The van der Waals surface area contributed by atoms with E-state index < -0.39 is 0 Å². The van der Waals surface area contributed by atoms with Crippen molar-refractivity contribution in [3.8, 4) is 5.75 Å². The predicted octanol–water partition coefficient (Wildman–Crippen LogP) is 0.989. The lowest BCUT2D eigenvalue weighted by molar-refractivity contribution is 0.305.